The number of rotatable bonds is 6. The number of ether oxygens (including phenoxy) is 1. The van der Waals surface area contributed by atoms with Crippen LogP contribution in [0, 0.1) is 6.92 Å². The fourth-order valence-corrected chi connectivity index (χ4v) is 3.02. The normalized spacial score (nSPS) is 15.0. The minimum atomic E-state index is -4.47. The van der Waals surface area contributed by atoms with Gasteiger partial charge in [0.25, 0.3) is 0 Å². The van der Waals surface area contributed by atoms with E-state index in [1.165, 1.54) is 18.2 Å². The van der Waals surface area contributed by atoms with Gasteiger partial charge in [-0.1, -0.05) is 18.2 Å². The Morgan fingerprint density at radius 2 is 1.89 bits per heavy atom. The molecule has 0 spiro atoms. The summed E-state index contributed by atoms with van der Waals surface area (Å²) in [5.41, 5.74) is -0.257. The molecule has 148 valence electrons. The van der Waals surface area contributed by atoms with Gasteiger partial charge in [-0.05, 0) is 55.2 Å². The maximum absolute atomic E-state index is 13.0. The summed E-state index contributed by atoms with van der Waals surface area (Å²) < 4.78 is 44.0. The molecule has 1 aliphatic rings. The molecule has 0 saturated heterocycles. The van der Waals surface area contributed by atoms with E-state index in [4.69, 9.17) is 9.84 Å². The minimum absolute atomic E-state index is 0.344. The van der Waals surface area contributed by atoms with Crippen molar-refractivity contribution in [2.45, 2.75) is 31.4 Å². The van der Waals surface area contributed by atoms with Crippen molar-refractivity contribution in [3.8, 4) is 5.75 Å². The monoisotopic (exact) mass is 393 g/mol. The summed E-state index contributed by atoms with van der Waals surface area (Å²) in [7, 11) is 0. The van der Waals surface area contributed by atoms with Gasteiger partial charge in [0.2, 0.25) is 5.91 Å². The lowest BCUT2D eigenvalue weighted by Crippen LogP contribution is -2.28. The van der Waals surface area contributed by atoms with Crippen molar-refractivity contribution in [1.29, 1.82) is 0 Å². The van der Waals surface area contributed by atoms with E-state index in [0.717, 1.165) is 12.1 Å². The van der Waals surface area contributed by atoms with Gasteiger partial charge >= 0.3 is 12.1 Å². The summed E-state index contributed by atoms with van der Waals surface area (Å²) in [5, 5.41) is 11.4. The van der Waals surface area contributed by atoms with E-state index in [1.807, 2.05) is 0 Å². The summed E-state index contributed by atoms with van der Waals surface area (Å²) in [5.74, 6) is -1.13. The van der Waals surface area contributed by atoms with Gasteiger partial charge in [0.05, 0.1) is 11.0 Å². The van der Waals surface area contributed by atoms with Crippen molar-refractivity contribution >= 4 is 17.6 Å². The summed E-state index contributed by atoms with van der Waals surface area (Å²) >= 11 is 0. The second-order valence-electron chi connectivity index (χ2n) is 6.77. The molecule has 0 aliphatic heterocycles. The number of aliphatic carboxylic acids is 1. The van der Waals surface area contributed by atoms with Crippen LogP contribution < -0.4 is 10.1 Å². The lowest BCUT2D eigenvalue weighted by atomic mass is 9.93. The standard InChI is InChI=1S/C20H18F3NO4/c1-12-9-15(28-11-17(25)26)5-6-16(12)24-18(27)19(7-8-19)13-3-2-4-14(10-13)20(21,22)23/h2-6,9-10H,7-8,11H2,1H3,(H,24,27)(H,25,26). The van der Waals surface area contributed by atoms with Crippen molar-refractivity contribution in [3.63, 3.8) is 0 Å². The molecule has 0 atom stereocenters. The lowest BCUT2D eigenvalue weighted by Gasteiger charge is -2.18. The number of hydrogen-bond donors (Lipinski definition) is 2. The fourth-order valence-electron chi connectivity index (χ4n) is 3.02. The molecule has 2 N–H and O–H groups in total. The number of benzene rings is 2. The van der Waals surface area contributed by atoms with Crippen LogP contribution in [0.4, 0.5) is 18.9 Å². The molecular formula is C20H18F3NO4. The number of amides is 1. The van der Waals surface area contributed by atoms with E-state index < -0.39 is 29.7 Å². The van der Waals surface area contributed by atoms with E-state index in [9.17, 15) is 22.8 Å². The Hall–Kier alpha value is -3.03. The zero-order valence-electron chi connectivity index (χ0n) is 15.0. The molecular weight excluding hydrogens is 375 g/mol. The Kier molecular flexibility index (Phi) is 5.06. The van der Waals surface area contributed by atoms with Crippen molar-refractivity contribution in [1.82, 2.24) is 0 Å². The van der Waals surface area contributed by atoms with Crippen molar-refractivity contribution < 1.29 is 32.6 Å². The third-order valence-corrected chi connectivity index (χ3v) is 4.74. The zero-order chi connectivity index (χ0) is 20.5. The molecule has 28 heavy (non-hydrogen) atoms. The molecule has 1 saturated carbocycles. The average molecular weight is 393 g/mol. The molecule has 0 aromatic heterocycles. The van der Waals surface area contributed by atoms with E-state index in [2.05, 4.69) is 5.32 Å². The van der Waals surface area contributed by atoms with E-state index in [-0.39, 0.29) is 5.91 Å². The first-order valence-electron chi connectivity index (χ1n) is 8.56. The van der Waals surface area contributed by atoms with E-state index >= 15 is 0 Å². The van der Waals surface area contributed by atoms with Gasteiger partial charge in [-0.15, -0.1) is 0 Å². The van der Waals surface area contributed by atoms with Crippen LogP contribution in [0.5, 0.6) is 5.75 Å². The summed E-state index contributed by atoms with van der Waals surface area (Å²) in [6, 6.07) is 9.55. The van der Waals surface area contributed by atoms with Crippen LogP contribution in [0.3, 0.4) is 0 Å². The molecule has 1 fully saturated rings. The van der Waals surface area contributed by atoms with E-state index in [1.54, 1.807) is 19.1 Å². The second-order valence-corrected chi connectivity index (χ2v) is 6.77. The highest BCUT2D eigenvalue weighted by Crippen LogP contribution is 2.50. The number of nitrogens with one attached hydrogen (secondary N) is 1. The summed E-state index contributed by atoms with van der Waals surface area (Å²) in [4.78, 5) is 23.4. The molecule has 2 aromatic carbocycles. The Morgan fingerprint density at radius 1 is 1.18 bits per heavy atom. The average Bonchev–Trinajstić information content (AvgIpc) is 3.43. The maximum Gasteiger partial charge on any atom is 0.416 e. The second kappa shape index (κ2) is 7.18. The van der Waals surface area contributed by atoms with Crippen LogP contribution in [0.1, 0.15) is 29.5 Å². The Bertz CT molecular complexity index is 920. The maximum atomic E-state index is 13.0. The van der Waals surface area contributed by atoms with Crippen LogP contribution in [0.15, 0.2) is 42.5 Å². The third kappa shape index (κ3) is 4.11. The summed E-state index contributed by atoms with van der Waals surface area (Å²) in [6.45, 7) is 1.23. The van der Waals surface area contributed by atoms with Gasteiger partial charge in [-0.3, -0.25) is 4.79 Å². The highest BCUT2D eigenvalue weighted by Gasteiger charge is 2.51. The largest absolute Gasteiger partial charge is 0.482 e. The van der Waals surface area contributed by atoms with E-state index in [0.29, 0.717) is 35.4 Å². The minimum Gasteiger partial charge on any atom is -0.482 e. The van der Waals surface area contributed by atoms with Crippen LogP contribution in [-0.2, 0) is 21.2 Å². The van der Waals surface area contributed by atoms with Gasteiger partial charge in [-0.25, -0.2) is 4.79 Å². The number of halogens is 3. The highest BCUT2D eigenvalue weighted by atomic mass is 19.4. The molecule has 1 amide bonds. The topological polar surface area (TPSA) is 75.6 Å². The smallest absolute Gasteiger partial charge is 0.416 e. The van der Waals surface area contributed by atoms with Crippen molar-refractivity contribution in [3.05, 3.63) is 59.2 Å². The van der Waals surface area contributed by atoms with Crippen LogP contribution in [-0.4, -0.2) is 23.6 Å². The number of carboxylic acids is 1. The molecule has 0 radical (unpaired) electrons. The fraction of sp³-hybridized carbons (Fsp3) is 0.300. The Labute approximate surface area is 159 Å². The molecule has 5 nitrogen and oxygen atoms in total. The SMILES string of the molecule is Cc1cc(OCC(=O)O)ccc1NC(=O)C1(c2cccc(C(F)(F)F)c2)CC1. The predicted octanol–water partition coefficient (Wildman–Crippen LogP) is 4.15. The number of anilines is 1. The van der Waals surface area contributed by atoms with Crippen LogP contribution in [0.2, 0.25) is 0 Å². The first kappa shape index (κ1) is 19.7. The molecule has 2 aromatic rings. The first-order valence-corrected chi connectivity index (χ1v) is 8.56. The molecule has 0 bridgehead atoms. The van der Waals surface area contributed by atoms with Gasteiger partial charge in [-0.2, -0.15) is 13.2 Å². The molecule has 3 rings (SSSR count). The van der Waals surface area contributed by atoms with Crippen LogP contribution >= 0.6 is 0 Å². The Morgan fingerprint density at radius 3 is 2.46 bits per heavy atom. The number of aryl methyl sites for hydroxylation is 1. The molecule has 0 unspecified atom stereocenters. The number of carbonyl (C=O) groups is 2. The van der Waals surface area contributed by atoms with Crippen molar-refractivity contribution in [2.75, 3.05) is 11.9 Å². The number of carbonyl (C=O) groups excluding carboxylic acids is 1. The lowest BCUT2D eigenvalue weighted by molar-refractivity contribution is -0.139. The van der Waals surface area contributed by atoms with Gasteiger partial charge < -0.3 is 15.2 Å². The molecule has 1 aliphatic carbocycles. The highest BCUT2D eigenvalue weighted by molar-refractivity contribution is 6.01. The number of alkyl halides is 3. The number of hydrogen-bond acceptors (Lipinski definition) is 3. The van der Waals surface area contributed by atoms with Crippen molar-refractivity contribution in [2.24, 2.45) is 0 Å². The zero-order valence-corrected chi connectivity index (χ0v) is 15.0. The third-order valence-electron chi connectivity index (χ3n) is 4.74. The Balaban J connectivity index is 1.77. The molecule has 8 heteroatoms. The van der Waals surface area contributed by atoms with Gasteiger partial charge in [0.1, 0.15) is 5.75 Å². The first-order chi connectivity index (χ1) is 13.1. The van der Waals surface area contributed by atoms with Crippen LogP contribution in [0.25, 0.3) is 0 Å². The quantitative estimate of drug-likeness (QED) is 0.773. The summed E-state index contributed by atoms with van der Waals surface area (Å²) in [6.07, 6.45) is -3.52. The predicted molar refractivity (Wildman–Crippen MR) is 95.3 cm³/mol. The van der Waals surface area contributed by atoms with Gasteiger partial charge in [0.15, 0.2) is 6.61 Å². The number of carboxylic acid groups (broad SMARTS) is 1. The van der Waals surface area contributed by atoms with Gasteiger partial charge in [0, 0.05) is 5.69 Å². The molecule has 0 heterocycles.